The van der Waals surface area contributed by atoms with E-state index in [1.807, 2.05) is 20.8 Å². The lowest BCUT2D eigenvalue weighted by atomic mass is 10.2. The molecule has 0 spiro atoms. The van der Waals surface area contributed by atoms with Gasteiger partial charge in [-0.2, -0.15) is 0 Å². The maximum Gasteiger partial charge on any atom is 0.146 e. The Hall–Kier alpha value is -0.740. The molecule has 0 saturated carbocycles. The number of hydrogen-bond donors (Lipinski definition) is 2. The first kappa shape index (κ1) is 24.5. The van der Waals surface area contributed by atoms with Crippen molar-refractivity contribution in [2.75, 3.05) is 13.6 Å². The predicted octanol–water partition coefficient (Wildman–Crippen LogP) is 1.77. The zero-order valence-electron chi connectivity index (χ0n) is 12.0. The summed E-state index contributed by atoms with van der Waals surface area (Å²) in [6, 6.07) is 0.0139. The Bertz CT molecular complexity index is 128. The molecule has 4 nitrogen and oxygen atoms in total. The summed E-state index contributed by atoms with van der Waals surface area (Å²) in [6.45, 7) is 11.8. The molecular formula is C12H30N2O2. The standard InChI is InChI=1S/C5H11NO.C3H8.C2H5NO.C2H6/c1-4(6-3)5(2)7;1-3-2;3-1-2-4;1-2/h4,6H,1-3H3;3H2,1-2H3;2H,1,3H2;1-2H3. The Kier molecular flexibility index (Phi) is 44.7. The SMILES string of the molecule is CC.CCC.CNC(C)C(C)=O.NCC=O. The molecule has 0 bridgehead atoms. The van der Waals surface area contributed by atoms with Crippen molar-refractivity contribution in [3.63, 3.8) is 0 Å². The van der Waals surface area contributed by atoms with Crippen molar-refractivity contribution in [2.45, 2.75) is 54.0 Å². The fourth-order valence-corrected chi connectivity index (χ4v) is 0.203. The summed E-state index contributed by atoms with van der Waals surface area (Å²) in [6.07, 6.45) is 1.90. The number of aldehydes is 1. The lowest BCUT2D eigenvalue weighted by Crippen LogP contribution is -2.28. The molecule has 0 heterocycles. The van der Waals surface area contributed by atoms with Crippen LogP contribution in [0.3, 0.4) is 0 Å². The van der Waals surface area contributed by atoms with Gasteiger partial charge in [0.1, 0.15) is 12.1 Å². The van der Waals surface area contributed by atoms with E-state index in [2.05, 4.69) is 24.9 Å². The summed E-state index contributed by atoms with van der Waals surface area (Å²) in [5.74, 6) is 0.183. The number of rotatable bonds is 3. The molecule has 4 heteroatoms. The van der Waals surface area contributed by atoms with Gasteiger partial charge in [0.2, 0.25) is 0 Å². The summed E-state index contributed by atoms with van der Waals surface area (Å²) in [5.41, 5.74) is 4.66. The molecule has 0 fully saturated rings. The molecule has 0 radical (unpaired) electrons. The van der Waals surface area contributed by atoms with Gasteiger partial charge in [0.05, 0.1) is 6.04 Å². The van der Waals surface area contributed by atoms with E-state index in [0.717, 1.165) is 0 Å². The van der Waals surface area contributed by atoms with Crippen LogP contribution in [0.2, 0.25) is 0 Å². The highest BCUT2D eigenvalue weighted by atomic mass is 16.1. The number of ketones is 1. The van der Waals surface area contributed by atoms with Gasteiger partial charge in [0.25, 0.3) is 0 Å². The van der Waals surface area contributed by atoms with E-state index in [4.69, 9.17) is 4.79 Å². The largest absolute Gasteiger partial charge is 0.324 e. The minimum Gasteiger partial charge on any atom is -0.324 e. The van der Waals surface area contributed by atoms with Crippen LogP contribution < -0.4 is 11.1 Å². The molecule has 0 rings (SSSR count). The maximum atomic E-state index is 10.3. The van der Waals surface area contributed by atoms with E-state index in [9.17, 15) is 4.79 Å². The topological polar surface area (TPSA) is 72.2 Å². The van der Waals surface area contributed by atoms with Crippen LogP contribution >= 0.6 is 0 Å². The van der Waals surface area contributed by atoms with E-state index in [0.29, 0.717) is 6.29 Å². The summed E-state index contributed by atoms with van der Waals surface area (Å²) in [4.78, 5) is 19.4. The third-order valence-electron chi connectivity index (χ3n) is 1.14. The zero-order chi connectivity index (χ0) is 14.0. The number of likely N-dealkylation sites (N-methyl/N-ethyl adjacent to an activating group) is 1. The van der Waals surface area contributed by atoms with Crippen LogP contribution in [0.1, 0.15) is 48.0 Å². The van der Waals surface area contributed by atoms with Crippen LogP contribution in [0, 0.1) is 0 Å². The van der Waals surface area contributed by atoms with Gasteiger partial charge in [0, 0.05) is 6.54 Å². The Morgan fingerprint density at radius 2 is 1.62 bits per heavy atom. The first-order chi connectivity index (χ1) is 7.51. The zero-order valence-corrected chi connectivity index (χ0v) is 12.0. The number of Topliss-reactive ketones (excluding diaryl/α,β-unsaturated/α-hetero) is 1. The molecule has 1 unspecified atom stereocenters. The second-order valence-corrected chi connectivity index (χ2v) is 2.73. The number of nitrogens with one attached hydrogen (secondary N) is 1. The van der Waals surface area contributed by atoms with Crippen molar-refractivity contribution >= 4 is 12.1 Å². The molecule has 0 aliphatic rings. The summed E-state index contributed by atoms with van der Waals surface area (Å²) in [5, 5.41) is 2.81. The molecule has 1 atom stereocenters. The molecule has 0 aromatic rings. The van der Waals surface area contributed by atoms with E-state index in [1.165, 1.54) is 6.42 Å². The molecule has 0 saturated heterocycles. The molecule has 0 aliphatic heterocycles. The fourth-order valence-electron chi connectivity index (χ4n) is 0.203. The van der Waals surface area contributed by atoms with E-state index >= 15 is 0 Å². The normalized spacial score (nSPS) is 9.00. The van der Waals surface area contributed by atoms with E-state index in [-0.39, 0.29) is 18.4 Å². The predicted molar refractivity (Wildman–Crippen MR) is 71.6 cm³/mol. The quantitative estimate of drug-likeness (QED) is 0.730. The highest BCUT2D eigenvalue weighted by Crippen LogP contribution is 1.77. The van der Waals surface area contributed by atoms with Crippen molar-refractivity contribution in [1.29, 1.82) is 0 Å². The number of hydrogen-bond acceptors (Lipinski definition) is 4. The van der Waals surface area contributed by atoms with Gasteiger partial charge in [-0.3, -0.25) is 4.79 Å². The van der Waals surface area contributed by atoms with Gasteiger partial charge >= 0.3 is 0 Å². The molecule has 0 amide bonds. The fraction of sp³-hybridized carbons (Fsp3) is 0.833. The molecule has 100 valence electrons. The molecular weight excluding hydrogens is 204 g/mol. The van der Waals surface area contributed by atoms with E-state index in [1.54, 1.807) is 14.0 Å². The van der Waals surface area contributed by atoms with Gasteiger partial charge < -0.3 is 15.8 Å². The summed E-state index contributed by atoms with van der Waals surface area (Å²) >= 11 is 0. The highest BCUT2D eigenvalue weighted by molar-refractivity contribution is 5.80. The van der Waals surface area contributed by atoms with Crippen molar-refractivity contribution in [1.82, 2.24) is 5.32 Å². The second kappa shape index (κ2) is 29.2. The third kappa shape index (κ3) is 50.9. The lowest BCUT2D eigenvalue weighted by molar-refractivity contribution is -0.118. The van der Waals surface area contributed by atoms with Crippen LogP contribution in [0.15, 0.2) is 0 Å². The van der Waals surface area contributed by atoms with Crippen LogP contribution in [-0.4, -0.2) is 31.7 Å². The number of carbonyl (C=O) groups is 2. The Balaban J connectivity index is -0.0000000685. The Morgan fingerprint density at radius 1 is 1.38 bits per heavy atom. The molecule has 0 aromatic heterocycles. The average Bonchev–Trinajstić information content (AvgIpc) is 2.31. The first-order valence-corrected chi connectivity index (χ1v) is 5.83. The van der Waals surface area contributed by atoms with Gasteiger partial charge in [-0.25, -0.2) is 0 Å². The van der Waals surface area contributed by atoms with Crippen molar-refractivity contribution in [2.24, 2.45) is 5.73 Å². The number of carbonyl (C=O) groups excluding carboxylic acids is 2. The second-order valence-electron chi connectivity index (χ2n) is 2.73. The van der Waals surface area contributed by atoms with Crippen LogP contribution in [-0.2, 0) is 9.59 Å². The van der Waals surface area contributed by atoms with Gasteiger partial charge in [-0.05, 0) is 20.9 Å². The van der Waals surface area contributed by atoms with Crippen molar-refractivity contribution in [3.05, 3.63) is 0 Å². The summed E-state index contributed by atoms with van der Waals surface area (Å²) in [7, 11) is 1.77. The van der Waals surface area contributed by atoms with Gasteiger partial charge in [-0.15, -0.1) is 0 Å². The molecule has 3 N–H and O–H groups in total. The smallest absolute Gasteiger partial charge is 0.146 e. The highest BCUT2D eigenvalue weighted by Gasteiger charge is 2.00. The first-order valence-electron chi connectivity index (χ1n) is 5.83. The molecule has 16 heavy (non-hydrogen) atoms. The lowest BCUT2D eigenvalue weighted by Gasteiger charge is -2.01. The van der Waals surface area contributed by atoms with Gasteiger partial charge in [-0.1, -0.05) is 34.1 Å². The van der Waals surface area contributed by atoms with E-state index < -0.39 is 0 Å². The summed E-state index contributed by atoms with van der Waals surface area (Å²) < 4.78 is 0. The Morgan fingerprint density at radius 3 is 1.62 bits per heavy atom. The van der Waals surface area contributed by atoms with Crippen LogP contribution in [0.5, 0.6) is 0 Å². The molecule has 0 aromatic carbocycles. The van der Waals surface area contributed by atoms with Gasteiger partial charge in [0.15, 0.2) is 0 Å². The molecule has 0 aliphatic carbocycles. The maximum absolute atomic E-state index is 10.3. The minimum absolute atomic E-state index is 0.0139. The van der Waals surface area contributed by atoms with Crippen LogP contribution in [0.4, 0.5) is 0 Å². The Labute approximate surface area is 101 Å². The van der Waals surface area contributed by atoms with Crippen molar-refractivity contribution in [3.8, 4) is 0 Å². The number of nitrogens with two attached hydrogens (primary N) is 1. The third-order valence-corrected chi connectivity index (χ3v) is 1.14. The van der Waals surface area contributed by atoms with Crippen LogP contribution in [0.25, 0.3) is 0 Å². The average molecular weight is 234 g/mol. The van der Waals surface area contributed by atoms with Crippen molar-refractivity contribution < 1.29 is 9.59 Å². The minimum atomic E-state index is 0.0139. The monoisotopic (exact) mass is 234 g/mol.